The molecule has 2 rings (SSSR count). The van der Waals surface area contributed by atoms with Crippen molar-refractivity contribution >= 4 is 0 Å². The van der Waals surface area contributed by atoms with E-state index in [0.29, 0.717) is 6.04 Å². The maximum absolute atomic E-state index is 10.4. The summed E-state index contributed by atoms with van der Waals surface area (Å²) in [5.74, 6) is 1.51. The molecule has 0 radical (unpaired) electrons. The van der Waals surface area contributed by atoms with E-state index in [1.165, 1.54) is 51.5 Å². The number of hydrogen-bond donors (Lipinski definition) is 2. The van der Waals surface area contributed by atoms with Crippen LogP contribution in [0.1, 0.15) is 65.2 Å². The summed E-state index contributed by atoms with van der Waals surface area (Å²) < 4.78 is 0. The Balaban J connectivity index is 1.72. The normalized spacial score (nSPS) is 26.6. The van der Waals surface area contributed by atoms with Crippen molar-refractivity contribution in [3.05, 3.63) is 0 Å². The predicted octanol–water partition coefficient (Wildman–Crippen LogP) is 3.03. The molecule has 2 fully saturated rings. The van der Waals surface area contributed by atoms with E-state index in [0.717, 1.165) is 37.9 Å². The van der Waals surface area contributed by atoms with Gasteiger partial charge in [-0.25, -0.2) is 0 Å². The Hall–Kier alpha value is -0.120. The van der Waals surface area contributed by atoms with E-state index in [4.69, 9.17) is 0 Å². The fourth-order valence-corrected chi connectivity index (χ4v) is 4.05. The smallest absolute Gasteiger partial charge is 0.0669 e. The van der Waals surface area contributed by atoms with Crippen LogP contribution in [0.4, 0.5) is 0 Å². The zero-order chi connectivity index (χ0) is 15.1. The third-order valence-electron chi connectivity index (χ3n) is 5.21. The summed E-state index contributed by atoms with van der Waals surface area (Å²) in [5, 5.41) is 14.0. The van der Waals surface area contributed by atoms with Crippen LogP contribution < -0.4 is 5.32 Å². The Kier molecular flexibility index (Phi) is 7.48. The second-order valence-electron chi connectivity index (χ2n) is 7.74. The van der Waals surface area contributed by atoms with Gasteiger partial charge in [-0.05, 0) is 44.2 Å². The predicted molar refractivity (Wildman–Crippen MR) is 89.5 cm³/mol. The van der Waals surface area contributed by atoms with Crippen molar-refractivity contribution in [3.8, 4) is 0 Å². The first kappa shape index (κ1) is 17.2. The fourth-order valence-electron chi connectivity index (χ4n) is 4.05. The topological polar surface area (TPSA) is 35.5 Å². The maximum atomic E-state index is 10.4. The fraction of sp³-hybridized carbons (Fsp3) is 1.00. The lowest BCUT2D eigenvalue weighted by Gasteiger charge is -2.37. The number of aliphatic hydroxyl groups excluding tert-OH is 1. The van der Waals surface area contributed by atoms with Crippen LogP contribution in [-0.2, 0) is 0 Å². The van der Waals surface area contributed by atoms with Gasteiger partial charge in [-0.2, -0.15) is 0 Å². The minimum Gasteiger partial charge on any atom is -0.392 e. The van der Waals surface area contributed by atoms with Crippen LogP contribution in [0.2, 0.25) is 0 Å². The van der Waals surface area contributed by atoms with Crippen LogP contribution in [0, 0.1) is 11.8 Å². The van der Waals surface area contributed by atoms with Crippen molar-refractivity contribution in [1.82, 2.24) is 10.2 Å². The van der Waals surface area contributed by atoms with Crippen molar-refractivity contribution in [1.29, 1.82) is 0 Å². The summed E-state index contributed by atoms with van der Waals surface area (Å²) >= 11 is 0. The first-order valence-electron chi connectivity index (χ1n) is 9.28. The molecule has 0 aromatic heterocycles. The van der Waals surface area contributed by atoms with Gasteiger partial charge in [0, 0.05) is 19.1 Å². The number of piperidine rings is 1. The Morgan fingerprint density at radius 2 is 1.81 bits per heavy atom. The van der Waals surface area contributed by atoms with Gasteiger partial charge in [0.1, 0.15) is 0 Å². The first-order chi connectivity index (χ1) is 10.1. The van der Waals surface area contributed by atoms with E-state index in [1.54, 1.807) is 0 Å². The maximum Gasteiger partial charge on any atom is 0.0669 e. The van der Waals surface area contributed by atoms with Gasteiger partial charge < -0.3 is 10.4 Å². The van der Waals surface area contributed by atoms with E-state index in [1.807, 2.05) is 0 Å². The van der Waals surface area contributed by atoms with Gasteiger partial charge in [0.2, 0.25) is 0 Å². The van der Waals surface area contributed by atoms with E-state index in [2.05, 4.69) is 24.1 Å². The van der Waals surface area contributed by atoms with Crippen LogP contribution >= 0.6 is 0 Å². The second kappa shape index (κ2) is 9.12. The Labute approximate surface area is 131 Å². The molecule has 0 bridgehead atoms. The second-order valence-corrected chi connectivity index (χ2v) is 7.74. The van der Waals surface area contributed by atoms with Gasteiger partial charge in [0.25, 0.3) is 0 Å². The lowest BCUT2D eigenvalue weighted by atomic mass is 9.97. The molecule has 1 saturated carbocycles. The molecule has 2 unspecified atom stereocenters. The summed E-state index contributed by atoms with van der Waals surface area (Å²) in [7, 11) is 0. The molecule has 1 aliphatic carbocycles. The van der Waals surface area contributed by atoms with Crippen molar-refractivity contribution in [3.63, 3.8) is 0 Å². The highest BCUT2D eigenvalue weighted by Gasteiger charge is 2.26. The number of hydrogen-bond acceptors (Lipinski definition) is 3. The first-order valence-corrected chi connectivity index (χ1v) is 9.28. The summed E-state index contributed by atoms with van der Waals surface area (Å²) in [6.07, 6.45) is 10.3. The number of nitrogens with one attached hydrogen (secondary N) is 1. The third-order valence-corrected chi connectivity index (χ3v) is 5.21. The molecule has 21 heavy (non-hydrogen) atoms. The van der Waals surface area contributed by atoms with Crippen LogP contribution in [0.5, 0.6) is 0 Å². The average Bonchev–Trinajstić information content (AvgIpc) is 2.93. The molecular formula is C18H36N2O. The average molecular weight is 296 g/mol. The summed E-state index contributed by atoms with van der Waals surface area (Å²) in [4.78, 5) is 2.55. The zero-order valence-electron chi connectivity index (χ0n) is 14.2. The van der Waals surface area contributed by atoms with Gasteiger partial charge in [0.05, 0.1) is 6.10 Å². The van der Waals surface area contributed by atoms with E-state index < -0.39 is 0 Å². The van der Waals surface area contributed by atoms with Crippen LogP contribution in [0.25, 0.3) is 0 Å². The van der Waals surface area contributed by atoms with Gasteiger partial charge in [-0.1, -0.05) is 46.0 Å². The number of β-amino-alcohol motifs (C(OH)–C–C–N with tert-alkyl or cyclic N) is 1. The Morgan fingerprint density at radius 1 is 1.10 bits per heavy atom. The number of aliphatic hydroxyl groups is 1. The van der Waals surface area contributed by atoms with Crippen molar-refractivity contribution in [2.75, 3.05) is 26.2 Å². The van der Waals surface area contributed by atoms with E-state index >= 15 is 0 Å². The summed E-state index contributed by atoms with van der Waals surface area (Å²) in [6, 6.07) is 0.635. The quantitative estimate of drug-likeness (QED) is 0.723. The molecule has 2 N–H and O–H groups in total. The van der Waals surface area contributed by atoms with E-state index in [-0.39, 0.29) is 6.10 Å². The lowest BCUT2D eigenvalue weighted by Crippen LogP contribution is -2.48. The molecule has 0 aromatic rings. The van der Waals surface area contributed by atoms with E-state index in [9.17, 15) is 5.11 Å². The van der Waals surface area contributed by atoms with Crippen molar-refractivity contribution < 1.29 is 5.11 Å². The minimum absolute atomic E-state index is 0.112. The van der Waals surface area contributed by atoms with Crippen molar-refractivity contribution in [2.24, 2.45) is 11.8 Å². The van der Waals surface area contributed by atoms with Crippen molar-refractivity contribution in [2.45, 2.75) is 77.4 Å². The van der Waals surface area contributed by atoms with Gasteiger partial charge in [0.15, 0.2) is 0 Å². The SMILES string of the molecule is CC(C)CNCC1CCCCN1CC(O)CC1CCCC1. The number of likely N-dealkylation sites (tertiary alicyclic amines) is 1. The lowest BCUT2D eigenvalue weighted by molar-refractivity contribution is 0.0539. The molecule has 1 aliphatic heterocycles. The molecule has 2 atom stereocenters. The van der Waals surface area contributed by atoms with Gasteiger partial charge in [-0.15, -0.1) is 0 Å². The highest BCUT2D eigenvalue weighted by Crippen LogP contribution is 2.29. The molecule has 2 aliphatic rings. The molecule has 3 nitrogen and oxygen atoms in total. The standard InChI is InChI=1S/C18H36N2O/c1-15(2)12-19-13-17-9-5-6-10-20(17)14-18(21)11-16-7-3-4-8-16/h15-19,21H,3-14H2,1-2H3. The molecular weight excluding hydrogens is 260 g/mol. The number of rotatable bonds is 8. The molecule has 1 saturated heterocycles. The Bertz CT molecular complexity index is 276. The largest absolute Gasteiger partial charge is 0.392 e. The highest BCUT2D eigenvalue weighted by atomic mass is 16.3. The summed E-state index contributed by atoms with van der Waals surface area (Å²) in [6.45, 7) is 8.79. The summed E-state index contributed by atoms with van der Waals surface area (Å²) in [5.41, 5.74) is 0. The molecule has 1 heterocycles. The van der Waals surface area contributed by atoms with Gasteiger partial charge >= 0.3 is 0 Å². The van der Waals surface area contributed by atoms with Crippen LogP contribution in [-0.4, -0.2) is 48.3 Å². The molecule has 3 heteroatoms. The highest BCUT2D eigenvalue weighted by molar-refractivity contribution is 4.82. The van der Waals surface area contributed by atoms with Crippen LogP contribution in [0.15, 0.2) is 0 Å². The number of nitrogens with zero attached hydrogens (tertiary/aromatic N) is 1. The monoisotopic (exact) mass is 296 g/mol. The molecule has 0 spiro atoms. The third kappa shape index (κ3) is 6.25. The molecule has 0 amide bonds. The van der Waals surface area contributed by atoms with Crippen LogP contribution in [0.3, 0.4) is 0 Å². The zero-order valence-corrected chi connectivity index (χ0v) is 14.2. The van der Waals surface area contributed by atoms with Gasteiger partial charge in [-0.3, -0.25) is 4.90 Å². The molecule has 0 aromatic carbocycles. The Morgan fingerprint density at radius 3 is 2.52 bits per heavy atom. The molecule has 124 valence electrons. The minimum atomic E-state index is -0.112.